The van der Waals surface area contributed by atoms with Crippen LogP contribution in [0.5, 0.6) is 0 Å². The Labute approximate surface area is 109 Å². The lowest BCUT2D eigenvalue weighted by molar-refractivity contribution is 0.435. The van der Waals surface area contributed by atoms with E-state index in [0.717, 1.165) is 12.1 Å². The third-order valence-electron chi connectivity index (χ3n) is 2.24. The quantitative estimate of drug-likeness (QED) is 0.894. The molecule has 96 valence electrons. The van der Waals surface area contributed by atoms with Gasteiger partial charge in [-0.3, -0.25) is 0 Å². The number of nitrogens with zero attached hydrogens (tertiary/aromatic N) is 1. The second-order valence-corrected chi connectivity index (χ2v) is 6.12. The SMILES string of the molecule is CCN(CCN)S(=O)(=O)c1ccc(F)cc1Br. The molecule has 1 aromatic carbocycles. The summed E-state index contributed by atoms with van der Waals surface area (Å²) in [6, 6.07) is 3.49. The van der Waals surface area contributed by atoms with Crippen LogP contribution in [0.1, 0.15) is 6.92 Å². The zero-order valence-corrected chi connectivity index (χ0v) is 11.8. The van der Waals surface area contributed by atoms with E-state index in [1.165, 1.54) is 10.4 Å². The molecule has 0 fully saturated rings. The van der Waals surface area contributed by atoms with E-state index < -0.39 is 15.8 Å². The molecule has 0 aliphatic heterocycles. The highest BCUT2D eigenvalue weighted by Crippen LogP contribution is 2.25. The average molecular weight is 325 g/mol. The van der Waals surface area contributed by atoms with Crippen LogP contribution in [0.25, 0.3) is 0 Å². The van der Waals surface area contributed by atoms with Gasteiger partial charge in [-0.1, -0.05) is 6.92 Å². The van der Waals surface area contributed by atoms with E-state index in [-0.39, 0.29) is 22.5 Å². The number of halogens is 2. The van der Waals surface area contributed by atoms with Gasteiger partial charge in [0.15, 0.2) is 0 Å². The van der Waals surface area contributed by atoms with Crippen molar-refractivity contribution in [2.45, 2.75) is 11.8 Å². The number of nitrogens with two attached hydrogens (primary N) is 1. The Balaban J connectivity index is 3.20. The lowest BCUT2D eigenvalue weighted by atomic mass is 10.3. The molecule has 0 aromatic heterocycles. The fraction of sp³-hybridized carbons (Fsp3) is 0.400. The van der Waals surface area contributed by atoms with Crippen LogP contribution in [0.2, 0.25) is 0 Å². The number of hydrogen-bond acceptors (Lipinski definition) is 3. The van der Waals surface area contributed by atoms with Crippen molar-refractivity contribution in [3.63, 3.8) is 0 Å². The summed E-state index contributed by atoms with van der Waals surface area (Å²) in [5.74, 6) is -0.488. The first-order valence-corrected chi connectivity index (χ1v) is 7.32. The summed E-state index contributed by atoms with van der Waals surface area (Å²) in [5, 5.41) is 0. The van der Waals surface area contributed by atoms with Crippen LogP contribution in [0.3, 0.4) is 0 Å². The van der Waals surface area contributed by atoms with E-state index in [1.54, 1.807) is 6.92 Å². The highest BCUT2D eigenvalue weighted by atomic mass is 79.9. The number of benzene rings is 1. The van der Waals surface area contributed by atoms with Crippen molar-refractivity contribution >= 4 is 26.0 Å². The van der Waals surface area contributed by atoms with Gasteiger partial charge in [-0.25, -0.2) is 12.8 Å². The van der Waals surface area contributed by atoms with E-state index in [1.807, 2.05) is 0 Å². The molecule has 0 saturated heterocycles. The predicted molar refractivity (Wildman–Crippen MR) is 67.6 cm³/mol. The zero-order chi connectivity index (χ0) is 13.1. The Hall–Kier alpha value is -0.500. The van der Waals surface area contributed by atoms with Crippen LogP contribution in [0.15, 0.2) is 27.6 Å². The Bertz CT molecular complexity index is 493. The Morgan fingerprint density at radius 1 is 1.47 bits per heavy atom. The summed E-state index contributed by atoms with van der Waals surface area (Å²) in [7, 11) is -3.62. The minimum Gasteiger partial charge on any atom is -0.329 e. The average Bonchev–Trinajstić information content (AvgIpc) is 2.24. The molecule has 17 heavy (non-hydrogen) atoms. The third-order valence-corrected chi connectivity index (χ3v) is 5.19. The van der Waals surface area contributed by atoms with Gasteiger partial charge < -0.3 is 5.73 Å². The molecule has 0 unspecified atom stereocenters. The van der Waals surface area contributed by atoms with Gasteiger partial charge in [-0.15, -0.1) is 0 Å². The molecule has 0 saturated carbocycles. The largest absolute Gasteiger partial charge is 0.329 e. The fourth-order valence-electron chi connectivity index (χ4n) is 1.42. The Kier molecular flexibility index (Phi) is 5.05. The lowest BCUT2D eigenvalue weighted by Crippen LogP contribution is -2.35. The molecular weight excluding hydrogens is 311 g/mol. The molecule has 0 spiro atoms. The topological polar surface area (TPSA) is 63.4 Å². The van der Waals surface area contributed by atoms with Gasteiger partial charge >= 0.3 is 0 Å². The van der Waals surface area contributed by atoms with Crippen molar-refractivity contribution in [2.75, 3.05) is 19.6 Å². The molecule has 0 radical (unpaired) electrons. The Morgan fingerprint density at radius 3 is 2.59 bits per heavy atom. The molecule has 0 aliphatic rings. The van der Waals surface area contributed by atoms with Crippen LogP contribution in [0.4, 0.5) is 4.39 Å². The van der Waals surface area contributed by atoms with Crippen LogP contribution in [-0.2, 0) is 10.0 Å². The van der Waals surface area contributed by atoms with Gasteiger partial charge in [0, 0.05) is 24.1 Å². The molecule has 0 heterocycles. The van der Waals surface area contributed by atoms with E-state index >= 15 is 0 Å². The van der Waals surface area contributed by atoms with E-state index in [2.05, 4.69) is 15.9 Å². The molecule has 2 N–H and O–H groups in total. The highest BCUT2D eigenvalue weighted by Gasteiger charge is 2.24. The van der Waals surface area contributed by atoms with Gasteiger partial charge in [0.05, 0.1) is 4.90 Å². The summed E-state index contributed by atoms with van der Waals surface area (Å²) < 4.78 is 38.8. The monoisotopic (exact) mass is 324 g/mol. The van der Waals surface area contributed by atoms with E-state index in [9.17, 15) is 12.8 Å². The predicted octanol–water partition coefficient (Wildman–Crippen LogP) is 1.56. The summed E-state index contributed by atoms with van der Waals surface area (Å²) in [6.07, 6.45) is 0. The van der Waals surface area contributed by atoms with Crippen LogP contribution in [-0.4, -0.2) is 32.4 Å². The minimum atomic E-state index is -3.62. The standard InChI is InChI=1S/C10H14BrFN2O2S/c1-2-14(6-5-13)17(15,16)10-4-3-8(12)7-9(10)11/h3-4,7H,2,5-6,13H2,1H3. The van der Waals surface area contributed by atoms with Crippen LogP contribution >= 0.6 is 15.9 Å². The summed E-state index contributed by atoms with van der Waals surface area (Å²) >= 11 is 3.05. The highest BCUT2D eigenvalue weighted by molar-refractivity contribution is 9.10. The summed E-state index contributed by atoms with van der Waals surface area (Å²) in [4.78, 5) is 0.0502. The Morgan fingerprint density at radius 2 is 2.12 bits per heavy atom. The van der Waals surface area contributed by atoms with Crippen molar-refractivity contribution in [1.82, 2.24) is 4.31 Å². The van der Waals surface area contributed by atoms with E-state index in [4.69, 9.17) is 5.73 Å². The second-order valence-electron chi connectivity index (χ2n) is 3.36. The van der Waals surface area contributed by atoms with Crippen molar-refractivity contribution in [1.29, 1.82) is 0 Å². The molecule has 0 atom stereocenters. The first-order valence-electron chi connectivity index (χ1n) is 5.08. The zero-order valence-electron chi connectivity index (χ0n) is 9.36. The third kappa shape index (κ3) is 3.25. The smallest absolute Gasteiger partial charge is 0.244 e. The molecular formula is C10H14BrFN2O2S. The summed E-state index contributed by atoms with van der Waals surface area (Å²) in [6.45, 7) is 2.53. The van der Waals surface area contributed by atoms with Gasteiger partial charge in [0.25, 0.3) is 0 Å². The van der Waals surface area contributed by atoms with Gasteiger partial charge in [0.2, 0.25) is 10.0 Å². The molecule has 1 aromatic rings. The lowest BCUT2D eigenvalue weighted by Gasteiger charge is -2.20. The van der Waals surface area contributed by atoms with Crippen LogP contribution in [0, 0.1) is 5.82 Å². The first-order chi connectivity index (χ1) is 7.93. The maximum absolute atomic E-state index is 12.9. The first kappa shape index (κ1) is 14.6. The molecule has 4 nitrogen and oxygen atoms in total. The molecule has 7 heteroatoms. The van der Waals surface area contributed by atoms with Gasteiger partial charge in [-0.05, 0) is 34.1 Å². The van der Waals surface area contributed by atoms with Crippen molar-refractivity contribution in [2.24, 2.45) is 5.73 Å². The normalized spacial score (nSPS) is 12.1. The maximum atomic E-state index is 12.9. The number of likely N-dealkylation sites (N-methyl/N-ethyl adjacent to an activating group) is 1. The fourth-order valence-corrected chi connectivity index (χ4v) is 3.89. The van der Waals surface area contributed by atoms with Crippen molar-refractivity contribution < 1.29 is 12.8 Å². The van der Waals surface area contributed by atoms with Gasteiger partial charge in [0.1, 0.15) is 5.82 Å². The molecule has 1 rings (SSSR count). The molecule has 0 amide bonds. The maximum Gasteiger partial charge on any atom is 0.244 e. The molecule has 0 aliphatic carbocycles. The van der Waals surface area contributed by atoms with Gasteiger partial charge in [-0.2, -0.15) is 4.31 Å². The number of hydrogen-bond donors (Lipinski definition) is 1. The van der Waals surface area contributed by atoms with Crippen molar-refractivity contribution in [3.8, 4) is 0 Å². The minimum absolute atomic E-state index is 0.0502. The second kappa shape index (κ2) is 5.90. The number of rotatable bonds is 5. The summed E-state index contributed by atoms with van der Waals surface area (Å²) in [5.41, 5.74) is 5.36. The van der Waals surface area contributed by atoms with Crippen molar-refractivity contribution in [3.05, 3.63) is 28.5 Å². The number of sulfonamides is 1. The molecule has 0 bridgehead atoms. The van der Waals surface area contributed by atoms with Crippen LogP contribution < -0.4 is 5.73 Å². The van der Waals surface area contributed by atoms with E-state index in [0.29, 0.717) is 6.54 Å².